The number of carbonyl (C=O) groups is 1. The molecule has 1 aliphatic carbocycles. The summed E-state index contributed by atoms with van der Waals surface area (Å²) < 4.78 is 6.10. The van der Waals surface area contributed by atoms with Gasteiger partial charge in [-0.2, -0.15) is 0 Å². The Morgan fingerprint density at radius 1 is 1.33 bits per heavy atom. The molecule has 1 heterocycles. The van der Waals surface area contributed by atoms with Crippen molar-refractivity contribution in [1.29, 1.82) is 0 Å². The highest BCUT2D eigenvalue weighted by atomic mass is 16.5. The fourth-order valence-electron chi connectivity index (χ4n) is 4.31. The fourth-order valence-corrected chi connectivity index (χ4v) is 4.31. The third-order valence-electron chi connectivity index (χ3n) is 6.35. The second kappa shape index (κ2) is 10.1. The molecule has 162 valence electrons. The SMILES string of the molecule is Cc1cc(OCCN(C)C)c(C)c2c1CC[C@@H]([C@H](C)C(=O)NCc1cccnc1)C2. The predicted octanol–water partition coefficient (Wildman–Crippen LogP) is 3.70. The molecule has 2 atom stereocenters. The lowest BCUT2D eigenvalue weighted by atomic mass is 9.74. The molecule has 0 spiro atoms. The van der Waals surface area contributed by atoms with Crippen molar-refractivity contribution in [3.8, 4) is 5.75 Å². The van der Waals surface area contributed by atoms with E-state index in [0.29, 0.717) is 19.1 Å². The zero-order valence-corrected chi connectivity index (χ0v) is 19.0. The topological polar surface area (TPSA) is 54.5 Å². The van der Waals surface area contributed by atoms with Crippen LogP contribution in [0.3, 0.4) is 0 Å². The number of rotatable bonds is 8. The number of benzene rings is 1. The normalized spacial score (nSPS) is 16.8. The number of hydrogen-bond acceptors (Lipinski definition) is 4. The maximum absolute atomic E-state index is 12.8. The molecule has 3 rings (SSSR count). The summed E-state index contributed by atoms with van der Waals surface area (Å²) in [6.07, 6.45) is 6.57. The number of pyridine rings is 1. The first kappa shape index (κ1) is 22.3. The number of aryl methyl sites for hydroxylation is 1. The number of ether oxygens (including phenoxy) is 1. The molecule has 0 saturated heterocycles. The van der Waals surface area contributed by atoms with Crippen molar-refractivity contribution in [2.45, 2.75) is 46.6 Å². The van der Waals surface area contributed by atoms with Crippen molar-refractivity contribution in [2.75, 3.05) is 27.2 Å². The van der Waals surface area contributed by atoms with Crippen molar-refractivity contribution < 1.29 is 9.53 Å². The van der Waals surface area contributed by atoms with Crippen molar-refractivity contribution in [2.24, 2.45) is 11.8 Å². The van der Waals surface area contributed by atoms with E-state index in [1.54, 1.807) is 12.4 Å². The summed E-state index contributed by atoms with van der Waals surface area (Å²) in [5.74, 6) is 1.44. The predicted molar refractivity (Wildman–Crippen MR) is 121 cm³/mol. The Balaban J connectivity index is 1.67. The molecule has 0 aliphatic heterocycles. The van der Waals surface area contributed by atoms with Crippen molar-refractivity contribution in [3.05, 3.63) is 58.4 Å². The maximum Gasteiger partial charge on any atom is 0.223 e. The Morgan fingerprint density at radius 3 is 2.83 bits per heavy atom. The molecule has 0 saturated carbocycles. The zero-order valence-electron chi connectivity index (χ0n) is 19.0. The molecule has 1 amide bonds. The van der Waals surface area contributed by atoms with Gasteiger partial charge in [0.2, 0.25) is 5.91 Å². The summed E-state index contributed by atoms with van der Waals surface area (Å²) in [5, 5.41) is 3.09. The molecule has 1 aromatic carbocycles. The largest absolute Gasteiger partial charge is 0.492 e. The van der Waals surface area contributed by atoms with Gasteiger partial charge in [-0.1, -0.05) is 13.0 Å². The summed E-state index contributed by atoms with van der Waals surface area (Å²) in [6.45, 7) is 8.52. The van der Waals surface area contributed by atoms with Crippen LogP contribution in [0.2, 0.25) is 0 Å². The van der Waals surface area contributed by atoms with E-state index in [4.69, 9.17) is 4.74 Å². The molecule has 1 N–H and O–H groups in total. The van der Waals surface area contributed by atoms with E-state index in [1.165, 1.54) is 22.3 Å². The molecule has 2 aromatic rings. The second-order valence-corrected chi connectivity index (χ2v) is 8.80. The Hall–Kier alpha value is -2.40. The Kier molecular flexibility index (Phi) is 7.48. The van der Waals surface area contributed by atoms with Gasteiger partial charge in [0.05, 0.1) is 0 Å². The highest BCUT2D eigenvalue weighted by molar-refractivity contribution is 5.78. The molecule has 1 aliphatic rings. The molecule has 0 radical (unpaired) electrons. The van der Waals surface area contributed by atoms with Gasteiger partial charge in [-0.25, -0.2) is 0 Å². The lowest BCUT2D eigenvalue weighted by Gasteiger charge is -2.31. The van der Waals surface area contributed by atoms with Gasteiger partial charge in [0.25, 0.3) is 0 Å². The van der Waals surface area contributed by atoms with Gasteiger partial charge in [-0.15, -0.1) is 0 Å². The maximum atomic E-state index is 12.8. The highest BCUT2D eigenvalue weighted by Crippen LogP contribution is 2.37. The van der Waals surface area contributed by atoms with E-state index in [1.807, 2.05) is 12.1 Å². The molecule has 0 unspecified atom stereocenters. The van der Waals surface area contributed by atoms with Crippen molar-refractivity contribution in [3.63, 3.8) is 0 Å². The van der Waals surface area contributed by atoms with Crippen LogP contribution in [0.1, 0.15) is 41.2 Å². The fraction of sp³-hybridized carbons (Fsp3) is 0.520. The summed E-state index contributed by atoms with van der Waals surface area (Å²) in [5.41, 5.74) is 6.41. The van der Waals surface area contributed by atoms with Crippen LogP contribution in [0.4, 0.5) is 0 Å². The van der Waals surface area contributed by atoms with Crippen LogP contribution in [-0.4, -0.2) is 43.0 Å². The van der Waals surface area contributed by atoms with Crippen molar-refractivity contribution >= 4 is 5.91 Å². The van der Waals surface area contributed by atoms with Crippen LogP contribution in [0.25, 0.3) is 0 Å². The van der Waals surface area contributed by atoms with E-state index in [9.17, 15) is 4.79 Å². The first-order chi connectivity index (χ1) is 14.4. The standard InChI is InChI=1S/C25H35N3O2/c1-17-13-24(30-12-11-28(4)5)19(3)23-14-21(8-9-22(17)23)18(2)25(29)27-16-20-7-6-10-26-15-20/h6-7,10,13,15,18,21H,8-9,11-12,14,16H2,1-5H3,(H,27,29)/t18-,21+/m0/s1. The minimum Gasteiger partial charge on any atom is -0.492 e. The number of carbonyl (C=O) groups excluding carboxylic acids is 1. The van der Waals surface area contributed by atoms with Gasteiger partial charge in [-0.3, -0.25) is 9.78 Å². The van der Waals surface area contributed by atoms with Gasteiger partial charge in [0, 0.05) is 31.4 Å². The molecule has 30 heavy (non-hydrogen) atoms. The smallest absolute Gasteiger partial charge is 0.223 e. The Labute approximate surface area is 180 Å². The zero-order chi connectivity index (χ0) is 21.7. The van der Waals surface area contributed by atoms with Crippen LogP contribution < -0.4 is 10.1 Å². The summed E-state index contributed by atoms with van der Waals surface area (Å²) in [4.78, 5) is 19.0. The number of hydrogen-bond donors (Lipinski definition) is 1. The summed E-state index contributed by atoms with van der Waals surface area (Å²) in [6, 6.07) is 6.07. The van der Waals surface area contributed by atoms with Crippen LogP contribution in [-0.2, 0) is 24.2 Å². The molecular formula is C25H35N3O2. The van der Waals surface area contributed by atoms with Crippen LogP contribution in [0, 0.1) is 25.7 Å². The minimum atomic E-state index is -0.0205. The quantitative estimate of drug-likeness (QED) is 0.722. The van der Waals surface area contributed by atoms with E-state index in [2.05, 4.69) is 56.1 Å². The number of nitrogens with one attached hydrogen (secondary N) is 1. The van der Waals surface area contributed by atoms with Gasteiger partial charge >= 0.3 is 0 Å². The minimum absolute atomic E-state index is 0.0205. The van der Waals surface area contributed by atoms with E-state index in [-0.39, 0.29) is 11.8 Å². The van der Waals surface area contributed by atoms with Crippen LogP contribution in [0.5, 0.6) is 5.75 Å². The molecular weight excluding hydrogens is 374 g/mol. The highest BCUT2D eigenvalue weighted by Gasteiger charge is 2.30. The molecule has 1 aromatic heterocycles. The number of likely N-dealkylation sites (N-methyl/N-ethyl adjacent to an activating group) is 1. The number of aromatic nitrogens is 1. The van der Waals surface area contributed by atoms with E-state index >= 15 is 0 Å². The first-order valence-corrected chi connectivity index (χ1v) is 10.9. The van der Waals surface area contributed by atoms with Crippen LogP contribution in [0.15, 0.2) is 30.6 Å². The lowest BCUT2D eigenvalue weighted by molar-refractivity contribution is -0.126. The third-order valence-corrected chi connectivity index (χ3v) is 6.35. The number of amides is 1. The number of fused-ring (bicyclic) bond motifs is 1. The van der Waals surface area contributed by atoms with Gasteiger partial charge in [0.1, 0.15) is 12.4 Å². The lowest BCUT2D eigenvalue weighted by Crippen LogP contribution is -2.35. The Morgan fingerprint density at radius 2 is 2.13 bits per heavy atom. The molecule has 0 bridgehead atoms. The monoisotopic (exact) mass is 409 g/mol. The van der Waals surface area contributed by atoms with Crippen LogP contribution >= 0.6 is 0 Å². The average Bonchev–Trinajstić information content (AvgIpc) is 2.75. The molecule has 0 fully saturated rings. The molecule has 5 nitrogen and oxygen atoms in total. The van der Waals surface area contributed by atoms with Gasteiger partial charge in [-0.05, 0) is 93.1 Å². The summed E-state index contributed by atoms with van der Waals surface area (Å²) >= 11 is 0. The number of nitrogens with zero attached hydrogens (tertiary/aromatic N) is 2. The van der Waals surface area contributed by atoms with Gasteiger partial charge in [0.15, 0.2) is 0 Å². The van der Waals surface area contributed by atoms with Gasteiger partial charge < -0.3 is 15.0 Å². The summed E-state index contributed by atoms with van der Waals surface area (Å²) in [7, 11) is 4.11. The van der Waals surface area contributed by atoms with Crippen molar-refractivity contribution in [1.82, 2.24) is 15.2 Å². The molecule has 5 heteroatoms. The third kappa shape index (κ3) is 5.39. The Bertz CT molecular complexity index is 864. The van der Waals surface area contributed by atoms with E-state index < -0.39 is 0 Å². The van der Waals surface area contributed by atoms with E-state index in [0.717, 1.165) is 37.1 Å². The first-order valence-electron chi connectivity index (χ1n) is 10.9. The second-order valence-electron chi connectivity index (χ2n) is 8.80. The average molecular weight is 410 g/mol.